The number of aromatic amines is 1. The molecule has 6 nitrogen and oxygen atoms in total. The number of H-pyrrole nitrogens is 1. The summed E-state index contributed by atoms with van der Waals surface area (Å²) in [5, 5.41) is 2.77. The summed E-state index contributed by atoms with van der Waals surface area (Å²) in [6.45, 7) is 2.46. The van der Waals surface area contributed by atoms with E-state index in [-0.39, 0.29) is 28.8 Å². The highest BCUT2D eigenvalue weighted by atomic mass is 16.2. The van der Waals surface area contributed by atoms with E-state index in [1.807, 2.05) is 0 Å². The molecule has 0 aromatic carbocycles. The lowest BCUT2D eigenvalue weighted by Gasteiger charge is -2.16. The van der Waals surface area contributed by atoms with Gasteiger partial charge in [0.05, 0.1) is 0 Å². The quantitative estimate of drug-likeness (QED) is 0.756. The van der Waals surface area contributed by atoms with Crippen LogP contribution in [0.15, 0.2) is 23.3 Å². The molecule has 1 aliphatic rings. The van der Waals surface area contributed by atoms with Gasteiger partial charge in [-0.3, -0.25) is 14.4 Å². The lowest BCUT2D eigenvalue weighted by atomic mass is 10.2. The van der Waals surface area contributed by atoms with Crippen LogP contribution in [-0.2, 0) is 4.79 Å². The number of pyridine rings is 1. The summed E-state index contributed by atoms with van der Waals surface area (Å²) in [7, 11) is 0. The highest BCUT2D eigenvalue weighted by Gasteiger charge is 2.28. The fraction of sp³-hybridized carbons (Fsp3) is 0.417. The van der Waals surface area contributed by atoms with Crippen LogP contribution in [0, 0.1) is 0 Å². The van der Waals surface area contributed by atoms with Crippen molar-refractivity contribution in [2.24, 2.45) is 0 Å². The van der Waals surface area contributed by atoms with Crippen LogP contribution in [0.25, 0.3) is 0 Å². The second kappa shape index (κ2) is 5.03. The Labute approximate surface area is 104 Å². The van der Waals surface area contributed by atoms with Gasteiger partial charge in [-0.15, -0.1) is 0 Å². The van der Waals surface area contributed by atoms with Gasteiger partial charge in [0.25, 0.3) is 5.91 Å². The minimum Gasteiger partial charge on any atom is -0.367 e. The monoisotopic (exact) mass is 249 g/mol. The van der Waals surface area contributed by atoms with Crippen LogP contribution in [0.1, 0.15) is 23.7 Å². The average Bonchev–Trinajstić information content (AvgIpc) is 2.76. The standard InChI is InChI=1S/C12H15N3O3/c1-8(16)14-9-3-5-15(7-9)12(18)10-6-13-4-2-11(10)17/h2,4,6,9H,3,5,7H2,1H3,(H,13,17)(H,14,16). The van der Waals surface area contributed by atoms with Gasteiger partial charge >= 0.3 is 0 Å². The van der Waals surface area contributed by atoms with E-state index in [0.717, 1.165) is 6.42 Å². The Morgan fingerprint density at radius 2 is 2.28 bits per heavy atom. The van der Waals surface area contributed by atoms with Crippen molar-refractivity contribution < 1.29 is 9.59 Å². The van der Waals surface area contributed by atoms with E-state index in [4.69, 9.17) is 0 Å². The summed E-state index contributed by atoms with van der Waals surface area (Å²) < 4.78 is 0. The highest BCUT2D eigenvalue weighted by Crippen LogP contribution is 2.11. The molecule has 0 saturated carbocycles. The van der Waals surface area contributed by atoms with Crippen molar-refractivity contribution >= 4 is 11.8 Å². The molecule has 1 aliphatic heterocycles. The Bertz CT molecular complexity index is 523. The smallest absolute Gasteiger partial charge is 0.259 e. The molecule has 1 fully saturated rings. The van der Waals surface area contributed by atoms with E-state index in [1.54, 1.807) is 4.90 Å². The first-order valence-corrected chi connectivity index (χ1v) is 5.81. The first-order valence-electron chi connectivity index (χ1n) is 5.81. The second-order valence-corrected chi connectivity index (χ2v) is 4.36. The lowest BCUT2D eigenvalue weighted by molar-refractivity contribution is -0.119. The topological polar surface area (TPSA) is 82.3 Å². The van der Waals surface area contributed by atoms with Crippen molar-refractivity contribution in [3.05, 3.63) is 34.2 Å². The van der Waals surface area contributed by atoms with Crippen molar-refractivity contribution in [2.75, 3.05) is 13.1 Å². The van der Waals surface area contributed by atoms with Crippen molar-refractivity contribution in [1.29, 1.82) is 0 Å². The normalized spacial score (nSPS) is 18.7. The molecule has 0 aliphatic carbocycles. The molecular weight excluding hydrogens is 234 g/mol. The molecule has 96 valence electrons. The summed E-state index contributed by atoms with van der Waals surface area (Å²) in [5.41, 5.74) is -0.150. The van der Waals surface area contributed by atoms with E-state index in [0.29, 0.717) is 13.1 Å². The fourth-order valence-corrected chi connectivity index (χ4v) is 2.10. The lowest BCUT2D eigenvalue weighted by Crippen LogP contribution is -2.38. The SMILES string of the molecule is CC(=O)NC1CCN(C(=O)c2c[nH]ccc2=O)C1. The van der Waals surface area contributed by atoms with Crippen molar-refractivity contribution in [3.8, 4) is 0 Å². The number of rotatable bonds is 2. The van der Waals surface area contributed by atoms with Crippen LogP contribution < -0.4 is 10.7 Å². The predicted octanol–water partition coefficient (Wildman–Crippen LogP) is -0.275. The van der Waals surface area contributed by atoms with Gasteiger partial charge in [-0.1, -0.05) is 0 Å². The van der Waals surface area contributed by atoms with Gasteiger partial charge in [0.15, 0.2) is 5.43 Å². The first kappa shape index (κ1) is 12.3. The first-order chi connectivity index (χ1) is 8.58. The Hall–Kier alpha value is -2.11. The molecule has 0 radical (unpaired) electrons. The summed E-state index contributed by atoms with van der Waals surface area (Å²) in [5.74, 6) is -0.392. The largest absolute Gasteiger partial charge is 0.367 e. The maximum atomic E-state index is 12.1. The molecule has 0 bridgehead atoms. The zero-order valence-corrected chi connectivity index (χ0v) is 10.1. The zero-order valence-electron chi connectivity index (χ0n) is 10.1. The number of aromatic nitrogens is 1. The molecule has 2 N–H and O–H groups in total. The van der Waals surface area contributed by atoms with Gasteiger partial charge in [-0.05, 0) is 6.42 Å². The summed E-state index contributed by atoms with van der Waals surface area (Å²) in [4.78, 5) is 38.9. The van der Waals surface area contributed by atoms with Gasteiger partial charge in [0.2, 0.25) is 5.91 Å². The third-order valence-corrected chi connectivity index (χ3v) is 2.94. The molecule has 2 amide bonds. The number of nitrogens with zero attached hydrogens (tertiary/aromatic N) is 1. The molecule has 1 aromatic rings. The minimum absolute atomic E-state index is 0.0192. The van der Waals surface area contributed by atoms with Gasteiger partial charge in [0.1, 0.15) is 5.56 Å². The van der Waals surface area contributed by atoms with Crippen LogP contribution in [0.4, 0.5) is 0 Å². The van der Waals surface area contributed by atoms with Crippen LogP contribution in [0.3, 0.4) is 0 Å². The number of amides is 2. The minimum atomic E-state index is -0.290. The number of nitrogens with one attached hydrogen (secondary N) is 2. The van der Waals surface area contributed by atoms with E-state index in [2.05, 4.69) is 10.3 Å². The molecule has 0 spiro atoms. The molecular formula is C12H15N3O3. The van der Waals surface area contributed by atoms with Gasteiger partial charge in [0, 0.05) is 44.5 Å². The summed E-state index contributed by atoms with van der Waals surface area (Å²) in [6, 6.07) is 1.31. The maximum absolute atomic E-state index is 12.1. The van der Waals surface area contributed by atoms with E-state index < -0.39 is 0 Å². The van der Waals surface area contributed by atoms with Crippen LogP contribution in [-0.4, -0.2) is 40.8 Å². The Kier molecular flexibility index (Phi) is 3.45. The Morgan fingerprint density at radius 3 is 2.94 bits per heavy atom. The average molecular weight is 249 g/mol. The molecule has 1 unspecified atom stereocenters. The summed E-state index contributed by atoms with van der Waals surface area (Å²) in [6.07, 6.45) is 3.62. The fourth-order valence-electron chi connectivity index (χ4n) is 2.10. The molecule has 6 heteroatoms. The molecule has 1 atom stereocenters. The van der Waals surface area contributed by atoms with E-state index in [1.165, 1.54) is 25.4 Å². The van der Waals surface area contributed by atoms with Crippen molar-refractivity contribution in [3.63, 3.8) is 0 Å². The number of hydrogen-bond acceptors (Lipinski definition) is 3. The highest BCUT2D eigenvalue weighted by molar-refractivity contribution is 5.94. The van der Waals surface area contributed by atoms with Crippen molar-refractivity contribution in [2.45, 2.75) is 19.4 Å². The second-order valence-electron chi connectivity index (χ2n) is 4.36. The molecule has 18 heavy (non-hydrogen) atoms. The molecule has 1 saturated heterocycles. The third kappa shape index (κ3) is 2.58. The predicted molar refractivity (Wildman–Crippen MR) is 65.2 cm³/mol. The van der Waals surface area contributed by atoms with Crippen LogP contribution in [0.5, 0.6) is 0 Å². The van der Waals surface area contributed by atoms with Gasteiger partial charge < -0.3 is 15.2 Å². The van der Waals surface area contributed by atoms with Gasteiger partial charge in [-0.25, -0.2) is 0 Å². The third-order valence-electron chi connectivity index (χ3n) is 2.94. The number of carbonyl (C=O) groups is 2. The van der Waals surface area contributed by atoms with E-state index in [9.17, 15) is 14.4 Å². The number of carbonyl (C=O) groups excluding carboxylic acids is 2. The van der Waals surface area contributed by atoms with E-state index >= 15 is 0 Å². The molecule has 2 heterocycles. The van der Waals surface area contributed by atoms with Crippen LogP contribution >= 0.6 is 0 Å². The van der Waals surface area contributed by atoms with Gasteiger partial charge in [-0.2, -0.15) is 0 Å². The summed E-state index contributed by atoms with van der Waals surface area (Å²) >= 11 is 0. The molecule has 1 aromatic heterocycles. The van der Waals surface area contributed by atoms with Crippen molar-refractivity contribution in [1.82, 2.24) is 15.2 Å². The van der Waals surface area contributed by atoms with Crippen LogP contribution in [0.2, 0.25) is 0 Å². The molecule has 2 rings (SSSR count). The number of hydrogen-bond donors (Lipinski definition) is 2. The number of likely N-dealkylation sites (tertiary alicyclic amines) is 1. The maximum Gasteiger partial charge on any atom is 0.259 e. The Balaban J connectivity index is 2.06. The zero-order chi connectivity index (χ0) is 13.1. The Morgan fingerprint density at radius 1 is 1.50 bits per heavy atom.